The van der Waals surface area contributed by atoms with E-state index in [1.807, 2.05) is 24.3 Å². The number of nitrogens with zero attached hydrogens (tertiary/aromatic N) is 2. The van der Waals surface area contributed by atoms with Crippen LogP contribution in [0.2, 0.25) is 0 Å². The number of hydrogen-bond donors (Lipinski definition) is 0. The van der Waals surface area contributed by atoms with Gasteiger partial charge in [0.2, 0.25) is 0 Å². The molecule has 4 nitrogen and oxygen atoms in total. The Labute approximate surface area is 132 Å². The zero-order valence-electron chi connectivity index (χ0n) is 13.3. The van der Waals surface area contributed by atoms with Crippen LogP contribution in [-0.2, 0) is 0 Å². The van der Waals surface area contributed by atoms with E-state index in [1.54, 1.807) is 13.2 Å². The second kappa shape index (κ2) is 10.3. The lowest BCUT2D eigenvalue weighted by molar-refractivity contribution is 0.285. The van der Waals surface area contributed by atoms with E-state index in [0.717, 1.165) is 12.0 Å². The fourth-order valence-corrected chi connectivity index (χ4v) is 2.04. The van der Waals surface area contributed by atoms with Gasteiger partial charge in [-0.1, -0.05) is 38.7 Å². The van der Waals surface area contributed by atoms with E-state index < -0.39 is 0 Å². The highest BCUT2D eigenvalue weighted by Crippen LogP contribution is 2.29. The first kappa shape index (κ1) is 17.6. The number of allylic oxidation sites excluding steroid dienone is 1. The van der Waals surface area contributed by atoms with Crippen LogP contribution in [0.1, 0.15) is 44.6 Å². The zero-order chi connectivity index (χ0) is 16.2. The second-order valence-electron chi connectivity index (χ2n) is 4.95. The van der Waals surface area contributed by atoms with Crippen LogP contribution < -0.4 is 9.47 Å². The Morgan fingerprint density at radius 2 is 1.82 bits per heavy atom. The first-order valence-corrected chi connectivity index (χ1v) is 7.57. The number of unbranched alkanes of at least 4 members (excludes halogenated alkanes) is 4. The minimum absolute atomic E-state index is 0.0617. The van der Waals surface area contributed by atoms with Gasteiger partial charge in [0.05, 0.1) is 13.7 Å². The highest BCUT2D eigenvalue weighted by molar-refractivity contribution is 5.64. The quantitative estimate of drug-likeness (QED) is 0.498. The molecule has 0 fully saturated rings. The molecule has 0 aliphatic heterocycles. The molecule has 0 radical (unpaired) electrons. The largest absolute Gasteiger partial charge is 0.493 e. The van der Waals surface area contributed by atoms with Crippen LogP contribution in [-0.4, -0.2) is 13.7 Å². The summed E-state index contributed by atoms with van der Waals surface area (Å²) in [5.41, 5.74) is 0.803. The van der Waals surface area contributed by atoms with Crippen LogP contribution in [0.4, 0.5) is 0 Å². The van der Waals surface area contributed by atoms with Gasteiger partial charge in [-0.25, -0.2) is 0 Å². The molecule has 1 aromatic carbocycles. The van der Waals surface area contributed by atoms with Gasteiger partial charge in [-0.2, -0.15) is 10.5 Å². The molecule has 0 atom stereocenters. The van der Waals surface area contributed by atoms with Gasteiger partial charge in [-0.15, -0.1) is 0 Å². The van der Waals surface area contributed by atoms with E-state index in [2.05, 4.69) is 6.92 Å². The second-order valence-corrected chi connectivity index (χ2v) is 4.95. The van der Waals surface area contributed by atoms with Crippen molar-refractivity contribution in [2.75, 3.05) is 13.7 Å². The van der Waals surface area contributed by atoms with E-state index in [9.17, 15) is 0 Å². The summed E-state index contributed by atoms with van der Waals surface area (Å²) in [6.45, 7) is 2.86. The highest BCUT2D eigenvalue weighted by Gasteiger charge is 2.05. The Kier molecular flexibility index (Phi) is 8.23. The van der Waals surface area contributed by atoms with Crippen LogP contribution in [0.3, 0.4) is 0 Å². The summed E-state index contributed by atoms with van der Waals surface area (Å²) in [4.78, 5) is 0. The van der Waals surface area contributed by atoms with E-state index >= 15 is 0 Å². The van der Waals surface area contributed by atoms with Crippen molar-refractivity contribution in [2.45, 2.75) is 39.0 Å². The van der Waals surface area contributed by atoms with Crippen molar-refractivity contribution in [1.82, 2.24) is 0 Å². The molecule has 0 saturated heterocycles. The Balaban J connectivity index is 2.64. The summed E-state index contributed by atoms with van der Waals surface area (Å²) in [6, 6.07) is 9.06. The molecule has 0 aliphatic carbocycles. The molecule has 0 bridgehead atoms. The summed E-state index contributed by atoms with van der Waals surface area (Å²) >= 11 is 0. The predicted molar refractivity (Wildman–Crippen MR) is 86.5 cm³/mol. The minimum atomic E-state index is 0.0617. The van der Waals surface area contributed by atoms with E-state index in [-0.39, 0.29) is 5.57 Å². The third kappa shape index (κ3) is 5.89. The van der Waals surface area contributed by atoms with Gasteiger partial charge < -0.3 is 9.47 Å². The maximum atomic E-state index is 8.78. The van der Waals surface area contributed by atoms with Crippen molar-refractivity contribution in [3.63, 3.8) is 0 Å². The van der Waals surface area contributed by atoms with Crippen LogP contribution in [0.5, 0.6) is 11.5 Å². The molecule has 0 spiro atoms. The molecule has 0 amide bonds. The summed E-state index contributed by atoms with van der Waals surface area (Å²) in [5, 5.41) is 17.6. The Bertz CT molecular complexity index is 564. The summed E-state index contributed by atoms with van der Waals surface area (Å²) in [6.07, 6.45) is 7.47. The van der Waals surface area contributed by atoms with Crippen molar-refractivity contribution in [3.8, 4) is 23.6 Å². The number of benzene rings is 1. The van der Waals surface area contributed by atoms with Crippen molar-refractivity contribution < 1.29 is 9.47 Å². The molecule has 0 saturated carbocycles. The normalized spacial score (nSPS) is 9.45. The Morgan fingerprint density at radius 3 is 2.45 bits per heavy atom. The van der Waals surface area contributed by atoms with Gasteiger partial charge in [0.25, 0.3) is 0 Å². The van der Waals surface area contributed by atoms with Crippen molar-refractivity contribution >= 4 is 6.08 Å². The molecular formula is C18H22N2O2. The van der Waals surface area contributed by atoms with Crippen LogP contribution in [0.15, 0.2) is 23.8 Å². The highest BCUT2D eigenvalue weighted by atomic mass is 16.5. The number of ether oxygens (including phenoxy) is 2. The molecule has 1 aromatic rings. The maximum absolute atomic E-state index is 8.78. The molecule has 0 unspecified atom stereocenters. The fraction of sp³-hybridized carbons (Fsp3) is 0.444. The first-order valence-electron chi connectivity index (χ1n) is 7.57. The molecule has 4 heteroatoms. The Hall–Kier alpha value is -2.46. The van der Waals surface area contributed by atoms with Crippen LogP contribution in [0.25, 0.3) is 6.08 Å². The molecule has 0 aliphatic rings. The average molecular weight is 298 g/mol. The average Bonchev–Trinajstić information content (AvgIpc) is 2.56. The molecule has 116 valence electrons. The molecule has 0 N–H and O–H groups in total. The van der Waals surface area contributed by atoms with Gasteiger partial charge in [0.1, 0.15) is 17.7 Å². The first-order chi connectivity index (χ1) is 10.7. The molecule has 0 heterocycles. The number of nitriles is 2. The Morgan fingerprint density at radius 1 is 1.09 bits per heavy atom. The van der Waals surface area contributed by atoms with Crippen molar-refractivity contribution in [1.29, 1.82) is 10.5 Å². The van der Waals surface area contributed by atoms with Gasteiger partial charge in [-0.3, -0.25) is 0 Å². The van der Waals surface area contributed by atoms with E-state index in [1.165, 1.54) is 31.8 Å². The zero-order valence-corrected chi connectivity index (χ0v) is 13.3. The fourth-order valence-electron chi connectivity index (χ4n) is 2.04. The third-order valence-corrected chi connectivity index (χ3v) is 3.25. The third-order valence-electron chi connectivity index (χ3n) is 3.25. The van der Waals surface area contributed by atoms with Gasteiger partial charge in [0.15, 0.2) is 11.5 Å². The van der Waals surface area contributed by atoms with E-state index in [0.29, 0.717) is 18.1 Å². The number of rotatable bonds is 9. The lowest BCUT2D eigenvalue weighted by atomic mass is 10.1. The van der Waals surface area contributed by atoms with Crippen LogP contribution in [0, 0.1) is 22.7 Å². The summed E-state index contributed by atoms with van der Waals surface area (Å²) in [5.74, 6) is 1.29. The van der Waals surface area contributed by atoms with Crippen LogP contribution >= 0.6 is 0 Å². The molecule has 22 heavy (non-hydrogen) atoms. The molecule has 0 aromatic heterocycles. The maximum Gasteiger partial charge on any atom is 0.161 e. The minimum Gasteiger partial charge on any atom is -0.493 e. The van der Waals surface area contributed by atoms with Gasteiger partial charge >= 0.3 is 0 Å². The van der Waals surface area contributed by atoms with Gasteiger partial charge in [0, 0.05) is 0 Å². The van der Waals surface area contributed by atoms with Gasteiger partial charge in [-0.05, 0) is 30.2 Å². The smallest absolute Gasteiger partial charge is 0.161 e. The monoisotopic (exact) mass is 298 g/mol. The van der Waals surface area contributed by atoms with Crippen molar-refractivity contribution in [2.24, 2.45) is 0 Å². The SMILES string of the molecule is CCCCCCCOc1ccc(C=C(C#N)C#N)cc1OC. The van der Waals surface area contributed by atoms with E-state index in [4.69, 9.17) is 20.0 Å². The topological polar surface area (TPSA) is 66.0 Å². The van der Waals surface area contributed by atoms with Crippen molar-refractivity contribution in [3.05, 3.63) is 29.3 Å². The lowest BCUT2D eigenvalue weighted by Gasteiger charge is -2.11. The molecule has 1 rings (SSSR count). The summed E-state index contributed by atoms with van der Waals surface area (Å²) in [7, 11) is 1.58. The predicted octanol–water partition coefficient (Wildman–Crippen LogP) is 4.47. The number of hydrogen-bond acceptors (Lipinski definition) is 4. The standard InChI is InChI=1S/C18H22N2O2/c1-3-4-5-6-7-10-22-17-9-8-15(12-18(17)21-2)11-16(13-19)14-20/h8-9,11-12H,3-7,10H2,1-2H3. The lowest BCUT2D eigenvalue weighted by Crippen LogP contribution is -1.99. The number of methoxy groups -OCH3 is 1. The summed E-state index contributed by atoms with van der Waals surface area (Å²) < 4.78 is 11.1. The molecular weight excluding hydrogens is 276 g/mol.